The number of aliphatic hydroxyl groups is 1. The van der Waals surface area contributed by atoms with E-state index in [9.17, 15) is 21.9 Å². The van der Waals surface area contributed by atoms with Crippen LogP contribution in [0.25, 0.3) is 0 Å². The second kappa shape index (κ2) is 5.67. The van der Waals surface area contributed by atoms with Gasteiger partial charge in [0, 0.05) is 6.04 Å². The van der Waals surface area contributed by atoms with E-state index in [1.54, 1.807) is 0 Å². The molecule has 2 N–H and O–H groups in total. The summed E-state index contributed by atoms with van der Waals surface area (Å²) in [4.78, 5) is 0. The van der Waals surface area contributed by atoms with E-state index >= 15 is 0 Å². The van der Waals surface area contributed by atoms with E-state index in [0.717, 1.165) is 0 Å². The lowest BCUT2D eigenvalue weighted by molar-refractivity contribution is 0.120. The number of rotatable bonds is 3. The third-order valence-electron chi connectivity index (χ3n) is 3.97. The topological polar surface area (TPSA) is 101 Å². The van der Waals surface area contributed by atoms with E-state index in [4.69, 9.17) is 0 Å². The number of hydrogen-bond donors (Lipinski definition) is 2. The lowest BCUT2D eigenvalue weighted by Gasteiger charge is -2.29. The fourth-order valence-electron chi connectivity index (χ4n) is 2.70. The average Bonchev–Trinajstić information content (AvgIpc) is 2.31. The number of nitrogens with one attached hydrogen (secondary N) is 1. The molecule has 2 rings (SSSR count). The van der Waals surface area contributed by atoms with Gasteiger partial charge in [-0.25, -0.2) is 21.6 Å². The molecule has 0 radical (unpaired) electrons. The fourth-order valence-corrected chi connectivity index (χ4v) is 6.24. The third kappa shape index (κ3) is 4.14. The van der Waals surface area contributed by atoms with Gasteiger partial charge in [-0.15, -0.1) is 0 Å². The first kappa shape index (κ1) is 15.2. The van der Waals surface area contributed by atoms with Crippen LogP contribution in [0.3, 0.4) is 0 Å². The molecule has 1 heterocycles. The molecule has 0 spiro atoms. The Bertz CT molecular complexity index is 491. The lowest BCUT2D eigenvalue weighted by Crippen LogP contribution is -2.45. The highest BCUT2D eigenvalue weighted by Crippen LogP contribution is 2.23. The molecule has 8 heteroatoms. The molecular formula is C11H21NO5S2. The summed E-state index contributed by atoms with van der Waals surface area (Å²) in [5.74, 6) is -0.0794. The Hall–Kier alpha value is -0.180. The van der Waals surface area contributed by atoms with E-state index in [2.05, 4.69) is 4.72 Å². The van der Waals surface area contributed by atoms with Crippen molar-refractivity contribution in [2.24, 2.45) is 0 Å². The summed E-state index contributed by atoms with van der Waals surface area (Å²) in [6, 6.07) is -0.119. The van der Waals surface area contributed by atoms with Gasteiger partial charge in [0.2, 0.25) is 10.0 Å². The molecule has 112 valence electrons. The van der Waals surface area contributed by atoms with E-state index < -0.39 is 25.1 Å². The predicted octanol–water partition coefficient (Wildman–Crippen LogP) is -0.213. The van der Waals surface area contributed by atoms with Crippen molar-refractivity contribution in [1.29, 1.82) is 0 Å². The molecule has 1 saturated carbocycles. The minimum atomic E-state index is -3.45. The Morgan fingerprint density at radius 3 is 2.00 bits per heavy atom. The van der Waals surface area contributed by atoms with Crippen molar-refractivity contribution in [2.75, 3.05) is 11.5 Å². The number of aliphatic hydroxyl groups excluding tert-OH is 1. The molecule has 0 aromatic heterocycles. The van der Waals surface area contributed by atoms with Gasteiger partial charge in [-0.1, -0.05) is 0 Å². The SMILES string of the molecule is O=S1(=O)CCC(S(=O)(=O)NC2CCC(O)CC2)CC1. The van der Waals surface area contributed by atoms with Gasteiger partial charge in [-0.05, 0) is 38.5 Å². The maximum absolute atomic E-state index is 12.2. The molecule has 0 aromatic rings. The number of hydrogen-bond acceptors (Lipinski definition) is 5. The highest BCUT2D eigenvalue weighted by atomic mass is 32.2. The van der Waals surface area contributed by atoms with Crippen LogP contribution in [0.2, 0.25) is 0 Å². The summed E-state index contributed by atoms with van der Waals surface area (Å²) in [7, 11) is -6.49. The normalized spacial score (nSPS) is 33.1. The van der Waals surface area contributed by atoms with Gasteiger partial charge in [0.25, 0.3) is 0 Å². The largest absolute Gasteiger partial charge is 0.393 e. The monoisotopic (exact) mass is 311 g/mol. The first-order chi connectivity index (χ1) is 8.78. The van der Waals surface area contributed by atoms with Crippen LogP contribution in [-0.4, -0.2) is 50.8 Å². The molecule has 6 nitrogen and oxygen atoms in total. The zero-order chi connectivity index (χ0) is 14.1. The molecule has 2 fully saturated rings. The minimum Gasteiger partial charge on any atom is -0.393 e. The molecule has 1 aliphatic heterocycles. The van der Waals surface area contributed by atoms with Crippen molar-refractivity contribution >= 4 is 19.9 Å². The van der Waals surface area contributed by atoms with Crippen molar-refractivity contribution in [3.63, 3.8) is 0 Å². The molecule has 2 aliphatic rings. The Balaban J connectivity index is 1.92. The smallest absolute Gasteiger partial charge is 0.214 e. The molecule has 0 amide bonds. The zero-order valence-electron chi connectivity index (χ0n) is 10.8. The van der Waals surface area contributed by atoms with Crippen molar-refractivity contribution < 1.29 is 21.9 Å². The third-order valence-corrected chi connectivity index (χ3v) is 7.69. The van der Waals surface area contributed by atoms with Crippen LogP contribution >= 0.6 is 0 Å². The van der Waals surface area contributed by atoms with Crippen LogP contribution in [0.5, 0.6) is 0 Å². The van der Waals surface area contributed by atoms with Crippen LogP contribution in [0.4, 0.5) is 0 Å². The Morgan fingerprint density at radius 2 is 1.47 bits per heavy atom. The van der Waals surface area contributed by atoms with Crippen molar-refractivity contribution in [3.8, 4) is 0 Å². The van der Waals surface area contributed by atoms with Crippen molar-refractivity contribution in [2.45, 2.75) is 55.9 Å². The average molecular weight is 311 g/mol. The number of sulfone groups is 1. The second-order valence-electron chi connectivity index (χ2n) is 5.52. The summed E-state index contributed by atoms with van der Waals surface area (Å²) >= 11 is 0. The van der Waals surface area contributed by atoms with Crippen LogP contribution in [-0.2, 0) is 19.9 Å². The van der Waals surface area contributed by atoms with Crippen LogP contribution in [0, 0.1) is 0 Å². The molecule has 1 aliphatic carbocycles. The van der Waals surface area contributed by atoms with Gasteiger partial charge < -0.3 is 5.11 Å². The highest BCUT2D eigenvalue weighted by molar-refractivity contribution is 7.92. The second-order valence-corrected chi connectivity index (χ2v) is 9.82. The van der Waals surface area contributed by atoms with Gasteiger partial charge in [0.05, 0.1) is 22.9 Å². The van der Waals surface area contributed by atoms with Crippen LogP contribution in [0.1, 0.15) is 38.5 Å². The van der Waals surface area contributed by atoms with Gasteiger partial charge >= 0.3 is 0 Å². The Morgan fingerprint density at radius 1 is 0.947 bits per heavy atom. The molecule has 0 atom stereocenters. The van der Waals surface area contributed by atoms with Crippen molar-refractivity contribution in [3.05, 3.63) is 0 Å². The zero-order valence-corrected chi connectivity index (χ0v) is 12.4. The standard InChI is InChI=1S/C11H21NO5S2/c13-10-3-1-9(2-4-10)12-19(16,17)11-5-7-18(14,15)8-6-11/h9-13H,1-8H2. The predicted molar refractivity (Wildman–Crippen MR) is 72.0 cm³/mol. The summed E-state index contributed by atoms with van der Waals surface area (Å²) in [6.45, 7) is 0. The fraction of sp³-hybridized carbons (Fsp3) is 1.00. The van der Waals surface area contributed by atoms with E-state index in [1.165, 1.54) is 0 Å². The highest BCUT2D eigenvalue weighted by Gasteiger charge is 2.34. The van der Waals surface area contributed by atoms with Gasteiger partial charge in [0.1, 0.15) is 9.84 Å². The molecule has 19 heavy (non-hydrogen) atoms. The maximum Gasteiger partial charge on any atom is 0.214 e. The Labute approximate surface area is 114 Å². The first-order valence-corrected chi connectivity index (χ1v) is 10.0. The molecular weight excluding hydrogens is 290 g/mol. The maximum atomic E-state index is 12.2. The summed E-state index contributed by atoms with van der Waals surface area (Å²) in [6.07, 6.45) is 2.58. The van der Waals surface area contributed by atoms with E-state index in [0.29, 0.717) is 25.7 Å². The quantitative estimate of drug-likeness (QED) is 0.751. The lowest BCUT2D eigenvalue weighted by atomic mass is 9.94. The summed E-state index contributed by atoms with van der Waals surface area (Å²) in [5.41, 5.74) is 0. The van der Waals surface area contributed by atoms with E-state index in [1.807, 2.05) is 0 Å². The first-order valence-electron chi connectivity index (χ1n) is 6.68. The summed E-state index contributed by atoms with van der Waals surface area (Å²) < 4.78 is 49.6. The van der Waals surface area contributed by atoms with Crippen LogP contribution in [0.15, 0.2) is 0 Å². The number of sulfonamides is 1. The van der Waals surface area contributed by atoms with Crippen LogP contribution < -0.4 is 4.72 Å². The molecule has 0 bridgehead atoms. The molecule has 0 unspecified atom stereocenters. The molecule has 0 aromatic carbocycles. The van der Waals surface area contributed by atoms with Gasteiger partial charge in [0.15, 0.2) is 0 Å². The summed E-state index contributed by atoms with van der Waals surface area (Å²) in [5, 5.41) is 8.79. The minimum absolute atomic E-state index is 0.0397. The van der Waals surface area contributed by atoms with Gasteiger partial charge in [-0.2, -0.15) is 0 Å². The Kier molecular flexibility index (Phi) is 4.54. The van der Waals surface area contributed by atoms with Crippen molar-refractivity contribution in [1.82, 2.24) is 4.72 Å². The molecule has 1 saturated heterocycles. The van der Waals surface area contributed by atoms with Gasteiger partial charge in [-0.3, -0.25) is 0 Å². The van der Waals surface area contributed by atoms with E-state index in [-0.39, 0.29) is 36.5 Å².